The van der Waals surface area contributed by atoms with E-state index in [2.05, 4.69) is 15.2 Å². The highest BCUT2D eigenvalue weighted by Crippen LogP contribution is 2.27. The Morgan fingerprint density at radius 2 is 2.00 bits per heavy atom. The maximum absolute atomic E-state index is 13.0. The van der Waals surface area contributed by atoms with Crippen LogP contribution in [-0.2, 0) is 0 Å². The number of piperidine rings is 1. The Labute approximate surface area is 151 Å². The lowest BCUT2D eigenvalue weighted by molar-refractivity contribution is 0.307. The molecule has 4 rings (SSSR count). The van der Waals surface area contributed by atoms with Gasteiger partial charge in [0, 0.05) is 24.7 Å². The molecule has 0 radical (unpaired) electrons. The largest absolute Gasteiger partial charge is 0.348 e. The van der Waals surface area contributed by atoms with Gasteiger partial charge in [-0.05, 0) is 61.5 Å². The molecule has 0 aliphatic carbocycles. The minimum absolute atomic E-state index is 0.251. The molecule has 1 aromatic heterocycles. The standard InChI is InChI=1S/C19H19FN4S/c20-14-7-9-15(10-8-14)21-19(25)24-11-3-4-13(12-24)18-22-16-5-1-2-6-17(16)23-18/h1-2,5-10,13H,3-4,11-12H2,(H,21,25)(H,22,23). The zero-order valence-corrected chi connectivity index (χ0v) is 14.5. The van der Waals surface area contributed by atoms with Crippen LogP contribution in [0.1, 0.15) is 24.6 Å². The summed E-state index contributed by atoms with van der Waals surface area (Å²) in [5.74, 6) is 1.10. The topological polar surface area (TPSA) is 44.0 Å². The molecule has 128 valence electrons. The van der Waals surface area contributed by atoms with Crippen LogP contribution >= 0.6 is 12.2 Å². The van der Waals surface area contributed by atoms with Crippen LogP contribution in [0.4, 0.5) is 10.1 Å². The SMILES string of the molecule is Fc1ccc(NC(=S)N2CCCC(c3nc4ccccc4[nH]3)C2)cc1. The monoisotopic (exact) mass is 354 g/mol. The first-order valence-electron chi connectivity index (χ1n) is 8.45. The fourth-order valence-corrected chi connectivity index (χ4v) is 3.57. The summed E-state index contributed by atoms with van der Waals surface area (Å²) >= 11 is 5.55. The summed E-state index contributed by atoms with van der Waals surface area (Å²) in [6.07, 6.45) is 2.16. The molecule has 1 aliphatic rings. The molecule has 2 aromatic carbocycles. The molecule has 1 saturated heterocycles. The highest BCUT2D eigenvalue weighted by Gasteiger charge is 2.25. The predicted octanol–water partition coefficient (Wildman–Crippen LogP) is 4.28. The Kier molecular flexibility index (Phi) is 4.36. The Morgan fingerprint density at radius 3 is 2.80 bits per heavy atom. The normalized spacial score (nSPS) is 17.6. The Bertz CT molecular complexity index is 857. The van der Waals surface area contributed by atoms with E-state index < -0.39 is 0 Å². The third-order valence-corrected chi connectivity index (χ3v) is 4.96. The highest BCUT2D eigenvalue weighted by molar-refractivity contribution is 7.80. The number of benzene rings is 2. The molecule has 0 spiro atoms. The Morgan fingerprint density at radius 1 is 1.20 bits per heavy atom. The van der Waals surface area contributed by atoms with Crippen molar-refractivity contribution >= 4 is 34.1 Å². The van der Waals surface area contributed by atoms with Crippen LogP contribution in [0.15, 0.2) is 48.5 Å². The number of likely N-dealkylation sites (tertiary alicyclic amines) is 1. The summed E-state index contributed by atoms with van der Waals surface area (Å²) in [5, 5.41) is 3.87. The van der Waals surface area contributed by atoms with Crippen molar-refractivity contribution in [1.82, 2.24) is 14.9 Å². The number of halogens is 1. The third-order valence-electron chi connectivity index (χ3n) is 4.60. The Hall–Kier alpha value is -2.47. The molecule has 25 heavy (non-hydrogen) atoms. The lowest BCUT2D eigenvalue weighted by atomic mass is 9.98. The summed E-state index contributed by atoms with van der Waals surface area (Å²) in [6.45, 7) is 1.75. The van der Waals surface area contributed by atoms with E-state index in [-0.39, 0.29) is 5.82 Å². The van der Waals surface area contributed by atoms with Crippen LogP contribution in [0.5, 0.6) is 0 Å². The van der Waals surface area contributed by atoms with Crippen LogP contribution in [-0.4, -0.2) is 33.1 Å². The van der Waals surface area contributed by atoms with Gasteiger partial charge in [0.2, 0.25) is 0 Å². The van der Waals surface area contributed by atoms with Crippen molar-refractivity contribution in [2.75, 3.05) is 18.4 Å². The van der Waals surface area contributed by atoms with Gasteiger partial charge in [-0.2, -0.15) is 0 Å². The molecular weight excluding hydrogens is 335 g/mol. The number of aromatic nitrogens is 2. The van der Waals surface area contributed by atoms with Crippen molar-refractivity contribution in [2.45, 2.75) is 18.8 Å². The molecule has 0 amide bonds. The van der Waals surface area contributed by atoms with Gasteiger partial charge < -0.3 is 15.2 Å². The summed E-state index contributed by atoms with van der Waals surface area (Å²) < 4.78 is 13.0. The minimum Gasteiger partial charge on any atom is -0.348 e. The van der Waals surface area contributed by atoms with Crippen molar-refractivity contribution in [3.63, 3.8) is 0 Å². The fourth-order valence-electron chi connectivity index (χ4n) is 3.29. The summed E-state index contributed by atoms with van der Waals surface area (Å²) in [5.41, 5.74) is 2.88. The third kappa shape index (κ3) is 3.49. The van der Waals surface area contributed by atoms with Crippen LogP contribution in [0.3, 0.4) is 0 Å². The first kappa shape index (κ1) is 16.0. The van der Waals surface area contributed by atoms with Gasteiger partial charge in [-0.15, -0.1) is 0 Å². The molecule has 6 heteroatoms. The average Bonchev–Trinajstić information content (AvgIpc) is 3.08. The van der Waals surface area contributed by atoms with E-state index in [1.165, 1.54) is 12.1 Å². The smallest absolute Gasteiger partial charge is 0.173 e. The predicted molar refractivity (Wildman–Crippen MR) is 102 cm³/mol. The number of fused-ring (bicyclic) bond motifs is 1. The number of hydrogen-bond acceptors (Lipinski definition) is 2. The molecule has 1 aliphatic heterocycles. The van der Waals surface area contributed by atoms with E-state index in [0.717, 1.165) is 48.5 Å². The van der Waals surface area contributed by atoms with Crippen molar-refractivity contribution in [3.05, 3.63) is 60.2 Å². The second kappa shape index (κ2) is 6.80. The molecule has 3 aromatic rings. The van der Waals surface area contributed by atoms with Crippen LogP contribution in [0.25, 0.3) is 11.0 Å². The van der Waals surface area contributed by atoms with Gasteiger partial charge in [0.25, 0.3) is 0 Å². The zero-order valence-electron chi connectivity index (χ0n) is 13.7. The number of thiocarbonyl (C=S) groups is 1. The summed E-state index contributed by atoms with van der Waals surface area (Å²) in [4.78, 5) is 10.3. The number of nitrogens with one attached hydrogen (secondary N) is 2. The lowest BCUT2D eigenvalue weighted by Gasteiger charge is -2.33. The number of hydrogen-bond donors (Lipinski definition) is 2. The van der Waals surface area contributed by atoms with Gasteiger partial charge in [0.1, 0.15) is 11.6 Å². The molecule has 2 heterocycles. The quantitative estimate of drug-likeness (QED) is 0.674. The minimum atomic E-state index is -0.251. The number of H-pyrrole nitrogens is 1. The highest BCUT2D eigenvalue weighted by atomic mass is 32.1. The fraction of sp³-hybridized carbons (Fsp3) is 0.263. The second-order valence-electron chi connectivity index (χ2n) is 6.36. The van der Waals surface area contributed by atoms with Crippen LogP contribution in [0.2, 0.25) is 0 Å². The van der Waals surface area contributed by atoms with E-state index in [0.29, 0.717) is 11.0 Å². The second-order valence-corrected chi connectivity index (χ2v) is 6.75. The number of anilines is 1. The van der Waals surface area contributed by atoms with Gasteiger partial charge in [0.05, 0.1) is 11.0 Å². The van der Waals surface area contributed by atoms with E-state index in [4.69, 9.17) is 17.2 Å². The molecule has 0 saturated carbocycles. The molecular formula is C19H19FN4S. The van der Waals surface area contributed by atoms with E-state index in [1.54, 1.807) is 12.1 Å². The molecule has 4 nitrogen and oxygen atoms in total. The first-order valence-corrected chi connectivity index (χ1v) is 8.86. The molecule has 0 bridgehead atoms. The van der Waals surface area contributed by atoms with Crippen molar-refractivity contribution in [3.8, 4) is 0 Å². The van der Waals surface area contributed by atoms with Gasteiger partial charge in [-0.3, -0.25) is 0 Å². The van der Waals surface area contributed by atoms with Gasteiger partial charge >= 0.3 is 0 Å². The average molecular weight is 354 g/mol. The van der Waals surface area contributed by atoms with E-state index >= 15 is 0 Å². The molecule has 1 fully saturated rings. The number of rotatable bonds is 2. The maximum Gasteiger partial charge on any atom is 0.173 e. The first-order chi connectivity index (χ1) is 12.2. The van der Waals surface area contributed by atoms with E-state index in [1.807, 2.05) is 24.3 Å². The zero-order chi connectivity index (χ0) is 17.2. The van der Waals surface area contributed by atoms with Gasteiger partial charge in [0.15, 0.2) is 5.11 Å². The maximum atomic E-state index is 13.0. The molecule has 1 atom stereocenters. The number of nitrogens with zero attached hydrogens (tertiary/aromatic N) is 2. The summed E-state index contributed by atoms with van der Waals surface area (Å²) in [7, 11) is 0. The number of imidazole rings is 1. The molecule has 2 N–H and O–H groups in total. The van der Waals surface area contributed by atoms with Gasteiger partial charge in [-0.1, -0.05) is 12.1 Å². The number of aromatic amines is 1. The summed E-state index contributed by atoms with van der Waals surface area (Å²) in [6, 6.07) is 14.3. The van der Waals surface area contributed by atoms with Crippen molar-refractivity contribution in [1.29, 1.82) is 0 Å². The van der Waals surface area contributed by atoms with Crippen LogP contribution in [0, 0.1) is 5.82 Å². The molecule has 1 unspecified atom stereocenters. The van der Waals surface area contributed by atoms with Crippen LogP contribution < -0.4 is 5.32 Å². The van der Waals surface area contributed by atoms with E-state index in [9.17, 15) is 4.39 Å². The van der Waals surface area contributed by atoms with Crippen molar-refractivity contribution in [2.24, 2.45) is 0 Å². The van der Waals surface area contributed by atoms with Gasteiger partial charge in [-0.25, -0.2) is 9.37 Å². The van der Waals surface area contributed by atoms with Crippen molar-refractivity contribution < 1.29 is 4.39 Å². The number of para-hydroxylation sites is 2. The lowest BCUT2D eigenvalue weighted by Crippen LogP contribution is -2.41. The Balaban J connectivity index is 1.46.